The third-order valence-electron chi connectivity index (χ3n) is 3.05. The average Bonchev–Trinajstić information content (AvgIpc) is 2.43. The van der Waals surface area contributed by atoms with Crippen molar-refractivity contribution in [1.82, 2.24) is 0 Å². The smallest absolute Gasteiger partial charge is 0.231 e. The van der Waals surface area contributed by atoms with E-state index in [1.54, 1.807) is 18.7 Å². The summed E-state index contributed by atoms with van der Waals surface area (Å²) < 4.78 is 0. The Bertz CT molecular complexity index is 420. The second kappa shape index (κ2) is 5.10. The van der Waals surface area contributed by atoms with Gasteiger partial charge in [0.15, 0.2) is 0 Å². The van der Waals surface area contributed by atoms with Gasteiger partial charge < -0.3 is 10.4 Å². The summed E-state index contributed by atoms with van der Waals surface area (Å²) in [7, 11) is 0. The highest BCUT2D eigenvalue weighted by Crippen LogP contribution is 2.39. The number of aliphatic hydroxyl groups excluding tert-OH is 1. The Labute approximate surface area is 106 Å². The molecule has 1 amide bonds. The Kier molecular flexibility index (Phi) is 3.74. The van der Waals surface area contributed by atoms with Crippen LogP contribution in [0.5, 0.6) is 0 Å². The Balaban J connectivity index is 2.37. The minimum atomic E-state index is -0.623. The van der Waals surface area contributed by atoms with Crippen molar-refractivity contribution in [2.24, 2.45) is 5.92 Å². The van der Waals surface area contributed by atoms with E-state index in [1.165, 1.54) is 0 Å². The fourth-order valence-corrected chi connectivity index (χ4v) is 3.55. The lowest BCUT2D eigenvalue weighted by atomic mass is 9.96. The van der Waals surface area contributed by atoms with E-state index in [9.17, 15) is 9.90 Å². The molecule has 0 radical (unpaired) electrons. The number of nitrogens with one attached hydrogen (secondary N) is 1. The standard InChI is InChI=1S/C13H17NO2S/c1-3-10-12(8(2)15)13(16)14-9-6-4-5-7-11(9)17-10/h4-8,10,12,15H,3H2,1-2H3,(H,14,16)/t8-,10+,12+/m1/s1. The highest BCUT2D eigenvalue weighted by atomic mass is 32.2. The van der Waals surface area contributed by atoms with Gasteiger partial charge in [0.1, 0.15) is 0 Å². The van der Waals surface area contributed by atoms with Gasteiger partial charge >= 0.3 is 0 Å². The van der Waals surface area contributed by atoms with Gasteiger partial charge in [-0.1, -0.05) is 19.1 Å². The molecular formula is C13H17NO2S. The summed E-state index contributed by atoms with van der Waals surface area (Å²) >= 11 is 1.67. The molecular weight excluding hydrogens is 234 g/mol. The number of amides is 1. The average molecular weight is 251 g/mol. The van der Waals surface area contributed by atoms with Crippen LogP contribution in [-0.4, -0.2) is 22.4 Å². The molecule has 2 rings (SSSR count). The second-order valence-corrected chi connectivity index (χ2v) is 5.60. The molecule has 0 aliphatic carbocycles. The number of benzene rings is 1. The van der Waals surface area contributed by atoms with Crippen molar-refractivity contribution in [1.29, 1.82) is 0 Å². The first-order valence-corrected chi connectivity index (χ1v) is 6.76. The zero-order valence-corrected chi connectivity index (χ0v) is 10.8. The molecule has 0 spiro atoms. The zero-order chi connectivity index (χ0) is 12.4. The Morgan fingerprint density at radius 2 is 2.18 bits per heavy atom. The molecule has 1 aromatic rings. The number of hydrogen-bond acceptors (Lipinski definition) is 3. The van der Waals surface area contributed by atoms with Gasteiger partial charge in [0.2, 0.25) is 5.91 Å². The Morgan fingerprint density at radius 3 is 2.82 bits per heavy atom. The molecule has 92 valence electrons. The fraction of sp³-hybridized carbons (Fsp3) is 0.462. The van der Waals surface area contributed by atoms with E-state index in [2.05, 4.69) is 5.32 Å². The van der Waals surface area contributed by atoms with Gasteiger partial charge in [-0.3, -0.25) is 4.79 Å². The maximum Gasteiger partial charge on any atom is 0.231 e. The molecule has 0 fully saturated rings. The van der Waals surface area contributed by atoms with E-state index in [1.807, 2.05) is 31.2 Å². The van der Waals surface area contributed by atoms with Gasteiger partial charge in [-0.05, 0) is 25.5 Å². The van der Waals surface area contributed by atoms with Crippen LogP contribution in [0.25, 0.3) is 0 Å². The summed E-state index contributed by atoms with van der Waals surface area (Å²) in [6.07, 6.45) is 0.240. The van der Waals surface area contributed by atoms with Crippen molar-refractivity contribution in [2.75, 3.05) is 5.32 Å². The van der Waals surface area contributed by atoms with E-state index >= 15 is 0 Å². The highest BCUT2D eigenvalue weighted by molar-refractivity contribution is 8.00. The number of carbonyl (C=O) groups is 1. The summed E-state index contributed by atoms with van der Waals surface area (Å²) in [4.78, 5) is 13.2. The van der Waals surface area contributed by atoms with Crippen molar-refractivity contribution in [3.8, 4) is 0 Å². The second-order valence-electron chi connectivity index (χ2n) is 4.32. The van der Waals surface area contributed by atoms with E-state index in [0.29, 0.717) is 0 Å². The third-order valence-corrected chi connectivity index (χ3v) is 4.59. The van der Waals surface area contributed by atoms with Crippen molar-refractivity contribution in [3.05, 3.63) is 24.3 Å². The van der Waals surface area contributed by atoms with Gasteiger partial charge in [-0.2, -0.15) is 0 Å². The predicted molar refractivity (Wildman–Crippen MR) is 70.2 cm³/mol. The van der Waals surface area contributed by atoms with Crippen LogP contribution in [0.2, 0.25) is 0 Å². The van der Waals surface area contributed by atoms with Crippen LogP contribution in [0.4, 0.5) is 5.69 Å². The molecule has 1 heterocycles. The van der Waals surface area contributed by atoms with Crippen molar-refractivity contribution < 1.29 is 9.90 Å². The maximum absolute atomic E-state index is 12.1. The summed E-state index contributed by atoms with van der Waals surface area (Å²) in [6, 6.07) is 7.78. The molecule has 0 saturated carbocycles. The number of para-hydroxylation sites is 1. The van der Waals surface area contributed by atoms with Gasteiger partial charge in [-0.25, -0.2) is 0 Å². The van der Waals surface area contributed by atoms with E-state index in [4.69, 9.17) is 0 Å². The lowest BCUT2D eigenvalue weighted by Gasteiger charge is -2.23. The molecule has 0 bridgehead atoms. The van der Waals surface area contributed by atoms with Crippen molar-refractivity contribution in [2.45, 2.75) is 36.5 Å². The Morgan fingerprint density at radius 1 is 1.47 bits per heavy atom. The van der Waals surface area contributed by atoms with E-state index < -0.39 is 6.10 Å². The first-order chi connectivity index (χ1) is 8.13. The normalized spacial score (nSPS) is 25.7. The van der Waals surface area contributed by atoms with Crippen LogP contribution in [-0.2, 0) is 4.79 Å². The topological polar surface area (TPSA) is 49.3 Å². The number of aliphatic hydroxyl groups is 1. The number of hydrogen-bond donors (Lipinski definition) is 2. The number of anilines is 1. The molecule has 0 unspecified atom stereocenters. The number of rotatable bonds is 2. The minimum absolute atomic E-state index is 0.0794. The van der Waals surface area contributed by atoms with Crippen LogP contribution in [0, 0.1) is 5.92 Å². The van der Waals surface area contributed by atoms with Crippen LogP contribution in [0.3, 0.4) is 0 Å². The van der Waals surface area contributed by atoms with Crippen molar-refractivity contribution >= 4 is 23.4 Å². The minimum Gasteiger partial charge on any atom is -0.393 e. The lowest BCUT2D eigenvalue weighted by Crippen LogP contribution is -2.37. The largest absolute Gasteiger partial charge is 0.393 e. The van der Waals surface area contributed by atoms with Crippen molar-refractivity contribution in [3.63, 3.8) is 0 Å². The van der Waals surface area contributed by atoms with E-state index in [0.717, 1.165) is 17.0 Å². The quantitative estimate of drug-likeness (QED) is 0.849. The highest BCUT2D eigenvalue weighted by Gasteiger charge is 2.35. The molecule has 17 heavy (non-hydrogen) atoms. The maximum atomic E-state index is 12.1. The molecule has 1 aliphatic heterocycles. The third kappa shape index (κ3) is 2.48. The Hall–Kier alpha value is -1.00. The summed E-state index contributed by atoms with van der Waals surface area (Å²) in [5.74, 6) is -0.429. The molecule has 0 aromatic heterocycles. The van der Waals surface area contributed by atoms with Crippen LogP contribution in [0.15, 0.2) is 29.2 Å². The SMILES string of the molecule is CC[C@@H]1Sc2ccccc2NC(=O)[C@H]1[C@@H](C)O. The van der Waals surface area contributed by atoms with E-state index in [-0.39, 0.29) is 17.1 Å². The van der Waals surface area contributed by atoms with Gasteiger partial charge in [0, 0.05) is 10.1 Å². The number of carbonyl (C=O) groups excluding carboxylic acids is 1. The lowest BCUT2D eigenvalue weighted by molar-refractivity contribution is -0.122. The van der Waals surface area contributed by atoms with Crippen LogP contribution in [0.1, 0.15) is 20.3 Å². The zero-order valence-electron chi connectivity index (χ0n) is 10.0. The monoisotopic (exact) mass is 251 g/mol. The predicted octanol–water partition coefficient (Wildman–Crippen LogP) is 2.51. The first kappa shape index (κ1) is 12.5. The molecule has 0 saturated heterocycles. The molecule has 3 nitrogen and oxygen atoms in total. The van der Waals surface area contributed by atoms with Gasteiger partial charge in [-0.15, -0.1) is 11.8 Å². The van der Waals surface area contributed by atoms with Crippen LogP contribution >= 0.6 is 11.8 Å². The molecule has 1 aromatic carbocycles. The fourth-order valence-electron chi connectivity index (χ4n) is 2.16. The molecule has 1 aliphatic rings. The first-order valence-electron chi connectivity index (χ1n) is 5.88. The van der Waals surface area contributed by atoms with Gasteiger partial charge in [0.25, 0.3) is 0 Å². The summed E-state index contributed by atoms with van der Waals surface area (Å²) in [5, 5.41) is 12.8. The molecule has 4 heteroatoms. The summed E-state index contributed by atoms with van der Waals surface area (Å²) in [6.45, 7) is 3.73. The number of fused-ring (bicyclic) bond motifs is 1. The number of thioether (sulfide) groups is 1. The van der Waals surface area contributed by atoms with Crippen LogP contribution < -0.4 is 5.32 Å². The molecule has 3 atom stereocenters. The molecule has 2 N–H and O–H groups in total. The van der Waals surface area contributed by atoms with Gasteiger partial charge in [0.05, 0.1) is 17.7 Å². The summed E-state index contributed by atoms with van der Waals surface area (Å²) in [5.41, 5.74) is 0.851.